The molecular formula is C30H34BrCl2N3O5S. The number of carbonyl (C=O) groups is 2. The van der Waals surface area contributed by atoms with Gasteiger partial charge in [0, 0.05) is 17.6 Å². The van der Waals surface area contributed by atoms with Gasteiger partial charge in [0.2, 0.25) is 11.8 Å². The number of rotatable bonds is 13. The molecule has 3 aromatic rings. The Kier molecular flexibility index (Phi) is 12.1. The highest BCUT2D eigenvalue weighted by Crippen LogP contribution is 2.28. The van der Waals surface area contributed by atoms with Gasteiger partial charge in [-0.1, -0.05) is 59.0 Å². The van der Waals surface area contributed by atoms with Gasteiger partial charge in [-0.3, -0.25) is 13.9 Å². The molecule has 0 aliphatic heterocycles. The average Bonchev–Trinajstić information content (AvgIpc) is 2.95. The molecular weight excluding hydrogens is 665 g/mol. The van der Waals surface area contributed by atoms with Crippen molar-refractivity contribution in [1.82, 2.24) is 10.2 Å². The van der Waals surface area contributed by atoms with Gasteiger partial charge in [0.1, 0.15) is 18.3 Å². The Hall–Kier alpha value is -2.79. The number of hydrogen-bond acceptors (Lipinski definition) is 5. The largest absolute Gasteiger partial charge is 0.494 e. The number of amides is 2. The first-order chi connectivity index (χ1) is 19.8. The number of carbonyl (C=O) groups excluding carboxylic acids is 2. The predicted octanol–water partition coefficient (Wildman–Crippen LogP) is 6.54. The first-order valence-corrected chi connectivity index (χ1v) is 16.3. The highest BCUT2D eigenvalue weighted by Gasteiger charge is 2.32. The minimum atomic E-state index is -4.19. The standard InChI is InChI=1S/C30H34BrCl2N3O5S/c1-5-41-25-11-9-24(10-12-25)36(42(39,40)26-13-7-23(31)8-14-26)19-29(37)35(21(4)30(38)34-17-20(2)3)18-22-6-15-27(32)28(33)16-22/h6-16,20-21H,5,17-19H2,1-4H3,(H,34,38)/t21-/m0/s1. The summed E-state index contributed by atoms with van der Waals surface area (Å²) in [7, 11) is -4.19. The lowest BCUT2D eigenvalue weighted by atomic mass is 10.1. The fourth-order valence-electron chi connectivity index (χ4n) is 4.01. The van der Waals surface area contributed by atoms with Gasteiger partial charge in [0.25, 0.3) is 10.0 Å². The van der Waals surface area contributed by atoms with Crippen LogP contribution in [0.4, 0.5) is 5.69 Å². The Balaban J connectivity index is 2.03. The number of nitrogens with zero attached hydrogens (tertiary/aromatic N) is 2. The molecule has 0 aliphatic carbocycles. The molecule has 0 spiro atoms. The monoisotopic (exact) mass is 697 g/mol. The summed E-state index contributed by atoms with van der Waals surface area (Å²) in [6, 6.07) is 16.6. The van der Waals surface area contributed by atoms with Gasteiger partial charge in [-0.15, -0.1) is 0 Å². The summed E-state index contributed by atoms with van der Waals surface area (Å²) in [6.45, 7) is 7.69. The summed E-state index contributed by atoms with van der Waals surface area (Å²) < 4.78 is 35.1. The van der Waals surface area contributed by atoms with Crippen molar-refractivity contribution in [1.29, 1.82) is 0 Å². The van der Waals surface area contributed by atoms with Gasteiger partial charge in [-0.2, -0.15) is 0 Å². The summed E-state index contributed by atoms with van der Waals surface area (Å²) in [6.07, 6.45) is 0. The number of sulfonamides is 1. The van der Waals surface area contributed by atoms with Crippen LogP contribution in [-0.4, -0.2) is 50.9 Å². The second-order valence-corrected chi connectivity index (χ2v) is 13.6. The van der Waals surface area contributed by atoms with Crippen LogP contribution in [0.15, 0.2) is 76.1 Å². The van der Waals surface area contributed by atoms with E-state index in [1.54, 1.807) is 61.5 Å². The van der Waals surface area contributed by atoms with Crippen molar-refractivity contribution < 1.29 is 22.7 Å². The molecule has 0 saturated heterocycles. The maximum absolute atomic E-state index is 14.0. The van der Waals surface area contributed by atoms with Gasteiger partial charge in [0.15, 0.2) is 0 Å². The molecule has 1 atom stereocenters. The molecule has 12 heteroatoms. The fourth-order valence-corrected chi connectivity index (χ4v) is 6.01. The van der Waals surface area contributed by atoms with Gasteiger partial charge < -0.3 is 15.0 Å². The number of hydrogen-bond donors (Lipinski definition) is 1. The zero-order valence-corrected chi connectivity index (χ0v) is 27.7. The van der Waals surface area contributed by atoms with E-state index in [0.717, 1.165) is 4.31 Å². The minimum Gasteiger partial charge on any atom is -0.494 e. The Morgan fingerprint density at radius 1 is 0.952 bits per heavy atom. The smallest absolute Gasteiger partial charge is 0.264 e. The maximum atomic E-state index is 14.0. The van der Waals surface area contributed by atoms with Crippen LogP contribution in [0, 0.1) is 5.92 Å². The molecule has 226 valence electrons. The van der Waals surface area contributed by atoms with Crippen LogP contribution in [0.2, 0.25) is 10.0 Å². The fraction of sp³-hybridized carbons (Fsp3) is 0.333. The third kappa shape index (κ3) is 8.86. The van der Waals surface area contributed by atoms with Crippen molar-refractivity contribution >= 4 is 66.7 Å². The molecule has 0 aromatic heterocycles. The van der Waals surface area contributed by atoms with E-state index in [9.17, 15) is 18.0 Å². The van der Waals surface area contributed by atoms with E-state index >= 15 is 0 Å². The normalized spacial score (nSPS) is 12.1. The van der Waals surface area contributed by atoms with Crippen molar-refractivity contribution in [2.24, 2.45) is 5.92 Å². The van der Waals surface area contributed by atoms with Crippen molar-refractivity contribution in [3.8, 4) is 5.75 Å². The van der Waals surface area contributed by atoms with Crippen molar-refractivity contribution in [2.45, 2.75) is 45.2 Å². The zero-order chi connectivity index (χ0) is 31.0. The molecule has 0 unspecified atom stereocenters. The molecule has 0 fully saturated rings. The van der Waals surface area contributed by atoms with Gasteiger partial charge in [-0.05, 0) is 86.0 Å². The van der Waals surface area contributed by atoms with Crippen LogP contribution in [0.25, 0.3) is 0 Å². The predicted molar refractivity (Wildman–Crippen MR) is 171 cm³/mol. The van der Waals surface area contributed by atoms with E-state index in [4.69, 9.17) is 27.9 Å². The first kappa shape index (κ1) is 33.7. The molecule has 0 bridgehead atoms. The Bertz CT molecular complexity index is 1490. The summed E-state index contributed by atoms with van der Waals surface area (Å²) in [4.78, 5) is 28.5. The molecule has 1 N–H and O–H groups in total. The second-order valence-electron chi connectivity index (χ2n) is 9.98. The summed E-state index contributed by atoms with van der Waals surface area (Å²) in [5.74, 6) is -0.180. The molecule has 0 heterocycles. The van der Waals surface area contributed by atoms with Crippen LogP contribution in [0.5, 0.6) is 5.75 Å². The number of ether oxygens (including phenoxy) is 1. The zero-order valence-electron chi connectivity index (χ0n) is 23.8. The molecule has 0 saturated carbocycles. The van der Waals surface area contributed by atoms with E-state index in [2.05, 4.69) is 21.2 Å². The van der Waals surface area contributed by atoms with Crippen molar-refractivity contribution in [2.75, 3.05) is 24.0 Å². The quantitative estimate of drug-likeness (QED) is 0.219. The molecule has 0 radical (unpaired) electrons. The lowest BCUT2D eigenvalue weighted by molar-refractivity contribution is -0.139. The van der Waals surface area contributed by atoms with E-state index in [1.165, 1.54) is 17.0 Å². The molecule has 3 aromatic carbocycles. The summed E-state index contributed by atoms with van der Waals surface area (Å²) in [5.41, 5.74) is 0.894. The number of nitrogens with one attached hydrogen (secondary N) is 1. The Morgan fingerprint density at radius 2 is 1.60 bits per heavy atom. The van der Waals surface area contributed by atoms with Crippen LogP contribution in [-0.2, 0) is 26.2 Å². The lowest BCUT2D eigenvalue weighted by Gasteiger charge is -2.32. The van der Waals surface area contributed by atoms with Gasteiger partial charge >= 0.3 is 0 Å². The number of halogens is 3. The van der Waals surface area contributed by atoms with Gasteiger partial charge in [0.05, 0.1) is 27.2 Å². The van der Waals surface area contributed by atoms with Gasteiger partial charge in [-0.25, -0.2) is 8.42 Å². The van der Waals surface area contributed by atoms with E-state index < -0.39 is 28.5 Å². The SMILES string of the molecule is CCOc1ccc(N(CC(=O)N(Cc2ccc(Cl)c(Cl)c2)[C@@H](C)C(=O)NCC(C)C)S(=O)(=O)c2ccc(Br)cc2)cc1. The Morgan fingerprint density at radius 3 is 2.17 bits per heavy atom. The molecule has 8 nitrogen and oxygen atoms in total. The Labute approximate surface area is 266 Å². The van der Waals surface area contributed by atoms with E-state index in [1.807, 2.05) is 20.8 Å². The highest BCUT2D eigenvalue weighted by molar-refractivity contribution is 9.10. The van der Waals surface area contributed by atoms with Crippen molar-refractivity contribution in [3.63, 3.8) is 0 Å². The number of benzene rings is 3. The van der Waals surface area contributed by atoms with E-state index in [-0.39, 0.29) is 29.0 Å². The van der Waals surface area contributed by atoms with Crippen LogP contribution in [0.3, 0.4) is 0 Å². The number of anilines is 1. The molecule has 0 aliphatic rings. The van der Waals surface area contributed by atoms with Crippen LogP contribution in [0.1, 0.15) is 33.3 Å². The van der Waals surface area contributed by atoms with Crippen LogP contribution >= 0.6 is 39.1 Å². The lowest BCUT2D eigenvalue weighted by Crippen LogP contribution is -2.51. The highest BCUT2D eigenvalue weighted by atomic mass is 79.9. The second kappa shape index (κ2) is 15.1. The third-order valence-electron chi connectivity index (χ3n) is 6.30. The summed E-state index contributed by atoms with van der Waals surface area (Å²) >= 11 is 15.6. The molecule has 2 amide bonds. The molecule has 3 rings (SSSR count). The van der Waals surface area contributed by atoms with E-state index in [0.29, 0.717) is 39.0 Å². The topological polar surface area (TPSA) is 96.0 Å². The summed E-state index contributed by atoms with van der Waals surface area (Å²) in [5, 5.41) is 3.51. The first-order valence-electron chi connectivity index (χ1n) is 13.4. The maximum Gasteiger partial charge on any atom is 0.264 e. The van der Waals surface area contributed by atoms with Crippen LogP contribution < -0.4 is 14.4 Å². The minimum absolute atomic E-state index is 0.00143. The average molecular weight is 699 g/mol. The third-order valence-corrected chi connectivity index (χ3v) is 9.36. The molecule has 42 heavy (non-hydrogen) atoms. The van der Waals surface area contributed by atoms with Crippen molar-refractivity contribution in [3.05, 3.63) is 86.8 Å².